The topological polar surface area (TPSA) is 105 Å². The van der Waals surface area contributed by atoms with E-state index in [0.717, 1.165) is 22.3 Å². The molecule has 0 saturated carbocycles. The summed E-state index contributed by atoms with van der Waals surface area (Å²) in [4.78, 5) is 35.7. The van der Waals surface area contributed by atoms with E-state index in [-0.39, 0.29) is 18.9 Å². The molecule has 2 atom stereocenters. The molecule has 0 aliphatic heterocycles. The van der Waals surface area contributed by atoms with Gasteiger partial charge in [0.2, 0.25) is 5.91 Å². The summed E-state index contributed by atoms with van der Waals surface area (Å²) in [5, 5.41) is 13.1. The second-order valence-electron chi connectivity index (χ2n) is 7.65. The quantitative estimate of drug-likeness (QED) is 0.551. The number of carboxylic acids is 1. The summed E-state index contributed by atoms with van der Waals surface area (Å²) in [6.07, 6.45) is -7.41. The lowest BCUT2D eigenvalue weighted by atomic mass is 9.98. The first-order chi connectivity index (χ1) is 15.6. The molecular weight excluding hydrogens is 441 g/mol. The number of halogens is 3. The van der Waals surface area contributed by atoms with Crippen LogP contribution in [-0.2, 0) is 14.3 Å². The number of alkyl halides is 3. The highest BCUT2D eigenvalue weighted by Crippen LogP contribution is 2.44. The van der Waals surface area contributed by atoms with Gasteiger partial charge in [0.1, 0.15) is 18.7 Å². The van der Waals surface area contributed by atoms with E-state index in [1.54, 1.807) is 0 Å². The fourth-order valence-electron chi connectivity index (χ4n) is 3.84. The SMILES string of the molecule is CC[C@H](NC(=O)OCC1c2ccccc2-c2ccccc21)C(=O)NC(CC(F)(F)F)C(=O)O. The summed E-state index contributed by atoms with van der Waals surface area (Å²) in [7, 11) is 0. The smallest absolute Gasteiger partial charge is 0.407 e. The van der Waals surface area contributed by atoms with Gasteiger partial charge in [0.15, 0.2) is 0 Å². The van der Waals surface area contributed by atoms with Gasteiger partial charge in [-0.25, -0.2) is 9.59 Å². The Labute approximate surface area is 187 Å². The predicted octanol–water partition coefficient (Wildman–Crippen LogP) is 3.83. The number of aliphatic carboxylic acids is 1. The van der Waals surface area contributed by atoms with Crippen molar-refractivity contribution < 1.29 is 37.4 Å². The van der Waals surface area contributed by atoms with Crippen LogP contribution < -0.4 is 10.6 Å². The third-order valence-corrected chi connectivity index (χ3v) is 5.41. The van der Waals surface area contributed by atoms with E-state index in [1.165, 1.54) is 6.92 Å². The Morgan fingerprint density at radius 2 is 1.52 bits per heavy atom. The van der Waals surface area contributed by atoms with Crippen molar-refractivity contribution in [1.82, 2.24) is 10.6 Å². The molecule has 1 unspecified atom stereocenters. The number of fused-ring (bicyclic) bond motifs is 3. The highest BCUT2D eigenvalue weighted by molar-refractivity contribution is 5.89. The third-order valence-electron chi connectivity index (χ3n) is 5.41. The van der Waals surface area contributed by atoms with Gasteiger partial charge >= 0.3 is 18.2 Å². The highest BCUT2D eigenvalue weighted by atomic mass is 19.4. The average molecular weight is 464 g/mol. The lowest BCUT2D eigenvalue weighted by Crippen LogP contribution is -2.52. The molecule has 0 spiro atoms. The molecule has 2 amide bonds. The van der Waals surface area contributed by atoms with Gasteiger partial charge < -0.3 is 20.5 Å². The lowest BCUT2D eigenvalue weighted by Gasteiger charge is -2.21. The Kier molecular flexibility index (Phi) is 7.25. The molecule has 2 aromatic rings. The zero-order valence-electron chi connectivity index (χ0n) is 17.7. The maximum atomic E-state index is 12.6. The molecule has 1 aliphatic carbocycles. The van der Waals surface area contributed by atoms with E-state index in [0.29, 0.717) is 0 Å². The first-order valence-electron chi connectivity index (χ1n) is 10.3. The summed E-state index contributed by atoms with van der Waals surface area (Å²) in [5.74, 6) is -3.07. The van der Waals surface area contributed by atoms with Gasteiger partial charge in [-0.2, -0.15) is 13.2 Å². The number of ether oxygens (including phenoxy) is 1. The molecule has 7 nitrogen and oxygen atoms in total. The molecule has 0 bridgehead atoms. The van der Waals surface area contributed by atoms with Crippen LogP contribution in [0.25, 0.3) is 11.1 Å². The van der Waals surface area contributed by atoms with Gasteiger partial charge in [-0.1, -0.05) is 55.5 Å². The van der Waals surface area contributed by atoms with Crippen LogP contribution in [0.1, 0.15) is 36.8 Å². The maximum absolute atomic E-state index is 12.6. The van der Waals surface area contributed by atoms with Gasteiger partial charge in [0.25, 0.3) is 0 Å². The fraction of sp³-hybridized carbons (Fsp3) is 0.348. The number of hydrogen-bond acceptors (Lipinski definition) is 4. The van der Waals surface area contributed by atoms with E-state index in [1.807, 2.05) is 53.8 Å². The Morgan fingerprint density at radius 1 is 0.970 bits per heavy atom. The zero-order valence-corrected chi connectivity index (χ0v) is 17.7. The van der Waals surface area contributed by atoms with Crippen molar-refractivity contribution in [3.8, 4) is 11.1 Å². The second-order valence-corrected chi connectivity index (χ2v) is 7.65. The van der Waals surface area contributed by atoms with Crippen LogP contribution in [0.3, 0.4) is 0 Å². The van der Waals surface area contributed by atoms with Crippen LogP contribution in [0.4, 0.5) is 18.0 Å². The number of amides is 2. The first-order valence-corrected chi connectivity index (χ1v) is 10.3. The number of rotatable bonds is 8. The van der Waals surface area contributed by atoms with Gasteiger partial charge in [0.05, 0.1) is 6.42 Å². The molecule has 0 aromatic heterocycles. The largest absolute Gasteiger partial charge is 0.480 e. The molecule has 3 N–H and O–H groups in total. The molecule has 3 rings (SSSR count). The Hall–Kier alpha value is -3.56. The molecule has 0 fully saturated rings. The minimum atomic E-state index is -4.78. The van der Waals surface area contributed by atoms with Crippen molar-refractivity contribution in [3.63, 3.8) is 0 Å². The number of benzene rings is 2. The molecule has 176 valence electrons. The van der Waals surface area contributed by atoms with E-state index in [2.05, 4.69) is 5.32 Å². The minimum Gasteiger partial charge on any atom is -0.480 e. The third kappa shape index (κ3) is 5.82. The van der Waals surface area contributed by atoms with Crippen LogP contribution >= 0.6 is 0 Å². The fourth-order valence-corrected chi connectivity index (χ4v) is 3.84. The molecule has 1 aliphatic rings. The van der Waals surface area contributed by atoms with Crippen LogP contribution in [0.5, 0.6) is 0 Å². The Morgan fingerprint density at radius 3 is 2.00 bits per heavy atom. The molecule has 2 aromatic carbocycles. The van der Waals surface area contributed by atoms with Crippen molar-refractivity contribution in [2.75, 3.05) is 6.61 Å². The standard InChI is InChI=1S/C23H23F3N2O5/c1-2-18(20(29)27-19(21(30)31)11-23(24,25)26)28-22(32)33-12-17-15-9-5-3-7-13(15)14-8-4-6-10-16(14)17/h3-10,17-19H,2,11-12H2,1H3,(H,27,29)(H,28,32)(H,30,31)/t18-,19?/m0/s1. The molecule has 0 saturated heterocycles. The molecule has 33 heavy (non-hydrogen) atoms. The maximum Gasteiger partial charge on any atom is 0.407 e. The monoisotopic (exact) mass is 464 g/mol. The van der Waals surface area contributed by atoms with Crippen LogP contribution in [-0.4, -0.2) is 47.9 Å². The number of nitrogens with one attached hydrogen (secondary N) is 2. The summed E-state index contributed by atoms with van der Waals surface area (Å²) in [6.45, 7) is 1.51. The van der Waals surface area contributed by atoms with E-state index in [4.69, 9.17) is 9.84 Å². The summed E-state index contributed by atoms with van der Waals surface area (Å²) in [6, 6.07) is 12.0. The molecular formula is C23H23F3N2O5. The number of carbonyl (C=O) groups excluding carboxylic acids is 2. The normalized spacial score (nSPS) is 14.5. The van der Waals surface area contributed by atoms with Crippen molar-refractivity contribution in [3.05, 3.63) is 59.7 Å². The van der Waals surface area contributed by atoms with Crippen LogP contribution in [0.15, 0.2) is 48.5 Å². The number of carboxylic acid groups (broad SMARTS) is 1. The molecule has 0 radical (unpaired) electrons. The van der Waals surface area contributed by atoms with Gasteiger partial charge in [-0.05, 0) is 28.7 Å². The Bertz CT molecular complexity index is 995. The van der Waals surface area contributed by atoms with Crippen LogP contribution in [0, 0.1) is 0 Å². The number of alkyl carbamates (subject to hydrolysis) is 1. The summed E-state index contributed by atoms with van der Waals surface area (Å²) >= 11 is 0. The predicted molar refractivity (Wildman–Crippen MR) is 113 cm³/mol. The van der Waals surface area contributed by atoms with Gasteiger partial charge in [-0.15, -0.1) is 0 Å². The van der Waals surface area contributed by atoms with Gasteiger partial charge in [-0.3, -0.25) is 4.79 Å². The minimum absolute atomic E-state index is 0.0102. The van der Waals surface area contributed by atoms with Gasteiger partial charge in [0, 0.05) is 5.92 Å². The highest BCUT2D eigenvalue weighted by Gasteiger charge is 2.37. The van der Waals surface area contributed by atoms with Crippen molar-refractivity contribution in [1.29, 1.82) is 0 Å². The lowest BCUT2D eigenvalue weighted by molar-refractivity contribution is -0.160. The van der Waals surface area contributed by atoms with E-state index < -0.39 is 42.7 Å². The summed E-state index contributed by atoms with van der Waals surface area (Å²) < 4.78 is 43.0. The van der Waals surface area contributed by atoms with E-state index in [9.17, 15) is 27.6 Å². The molecule has 10 heteroatoms. The second kappa shape index (κ2) is 9.93. The van der Waals surface area contributed by atoms with Crippen molar-refractivity contribution in [2.45, 2.75) is 43.9 Å². The van der Waals surface area contributed by atoms with E-state index >= 15 is 0 Å². The van der Waals surface area contributed by atoms with Crippen molar-refractivity contribution in [2.24, 2.45) is 0 Å². The zero-order chi connectivity index (χ0) is 24.2. The first kappa shape index (κ1) is 24.1. The average Bonchev–Trinajstić information content (AvgIpc) is 3.08. The molecule has 0 heterocycles. The van der Waals surface area contributed by atoms with Crippen molar-refractivity contribution >= 4 is 18.0 Å². The number of carbonyl (C=O) groups is 3. The summed E-state index contributed by atoms with van der Waals surface area (Å²) in [5.41, 5.74) is 4.06. The number of hydrogen-bond donors (Lipinski definition) is 3. The van der Waals surface area contributed by atoms with Crippen LogP contribution in [0.2, 0.25) is 0 Å². The Balaban J connectivity index is 1.62.